The molecule has 0 radical (unpaired) electrons. The number of nitrogens with one attached hydrogen (secondary N) is 1. The van der Waals surface area contributed by atoms with Crippen LogP contribution in [0.1, 0.15) is 23.7 Å². The molecule has 1 amide bonds. The van der Waals surface area contributed by atoms with E-state index in [1.165, 1.54) is 6.07 Å². The number of halogens is 1. The van der Waals surface area contributed by atoms with E-state index in [2.05, 4.69) is 10.3 Å². The number of amides is 1. The Bertz CT molecular complexity index is 662. The number of pyridine rings is 1. The predicted octanol–water partition coefficient (Wildman–Crippen LogP) is 2.66. The lowest BCUT2D eigenvalue weighted by atomic mass is 10.1. The number of hydrogen-bond donors (Lipinski definition) is 2. The van der Waals surface area contributed by atoms with Crippen molar-refractivity contribution in [1.82, 2.24) is 10.3 Å². The number of ether oxygens (including phenoxy) is 1. The Balaban J connectivity index is 1.98. The van der Waals surface area contributed by atoms with Gasteiger partial charge in [-0.2, -0.15) is 0 Å². The smallest absolute Gasteiger partial charge is 0.408 e. The molecule has 1 atom stereocenters. The molecule has 2 aromatic rings. The van der Waals surface area contributed by atoms with Crippen molar-refractivity contribution in [3.63, 3.8) is 0 Å². The summed E-state index contributed by atoms with van der Waals surface area (Å²) in [6, 6.07) is 10.6. The molecule has 23 heavy (non-hydrogen) atoms. The van der Waals surface area contributed by atoms with Crippen molar-refractivity contribution in [3.8, 4) is 0 Å². The Morgan fingerprint density at radius 1 is 1.22 bits per heavy atom. The fourth-order valence-electron chi connectivity index (χ4n) is 1.90. The Labute approximate surface area is 131 Å². The third kappa shape index (κ3) is 5.39. The van der Waals surface area contributed by atoms with Gasteiger partial charge in [0.2, 0.25) is 0 Å². The Hall–Kier alpha value is -2.96. The van der Waals surface area contributed by atoms with E-state index in [9.17, 15) is 14.0 Å². The lowest BCUT2D eigenvalue weighted by molar-refractivity contribution is -0.137. The molecule has 6 nitrogen and oxygen atoms in total. The van der Waals surface area contributed by atoms with Gasteiger partial charge in [0.15, 0.2) is 0 Å². The zero-order valence-electron chi connectivity index (χ0n) is 12.1. The number of carboxylic acids is 1. The largest absolute Gasteiger partial charge is 0.481 e. The molecule has 0 saturated carbocycles. The molecular weight excluding hydrogens is 303 g/mol. The van der Waals surface area contributed by atoms with Gasteiger partial charge >= 0.3 is 12.1 Å². The second-order valence-electron chi connectivity index (χ2n) is 4.76. The fourth-order valence-corrected chi connectivity index (χ4v) is 1.90. The van der Waals surface area contributed by atoms with Gasteiger partial charge in [-0.05, 0) is 17.7 Å². The number of aliphatic carboxylic acids is 1. The molecule has 2 N–H and O–H groups in total. The zero-order valence-corrected chi connectivity index (χ0v) is 12.1. The maximum Gasteiger partial charge on any atom is 0.408 e. The van der Waals surface area contributed by atoms with Gasteiger partial charge in [-0.15, -0.1) is 0 Å². The van der Waals surface area contributed by atoms with E-state index in [1.54, 1.807) is 12.1 Å². The van der Waals surface area contributed by atoms with Gasteiger partial charge in [-0.25, -0.2) is 9.18 Å². The SMILES string of the molecule is O=C(O)CC(NC(=O)OCc1ccccc1)c1ccc(F)cn1. The summed E-state index contributed by atoms with van der Waals surface area (Å²) in [5.41, 5.74) is 1.04. The van der Waals surface area contributed by atoms with E-state index >= 15 is 0 Å². The van der Waals surface area contributed by atoms with Crippen LogP contribution in [-0.4, -0.2) is 22.2 Å². The number of carboxylic acid groups (broad SMARTS) is 1. The summed E-state index contributed by atoms with van der Waals surface area (Å²) in [4.78, 5) is 26.5. The maximum atomic E-state index is 12.9. The summed E-state index contributed by atoms with van der Waals surface area (Å²) in [6.45, 7) is 0.0588. The van der Waals surface area contributed by atoms with Crippen molar-refractivity contribution in [2.24, 2.45) is 0 Å². The van der Waals surface area contributed by atoms with E-state index in [0.717, 1.165) is 17.8 Å². The minimum atomic E-state index is -1.12. The minimum absolute atomic E-state index is 0.0588. The average molecular weight is 318 g/mol. The molecule has 0 fully saturated rings. The monoisotopic (exact) mass is 318 g/mol. The second-order valence-corrected chi connectivity index (χ2v) is 4.76. The Morgan fingerprint density at radius 3 is 2.57 bits per heavy atom. The van der Waals surface area contributed by atoms with Crippen LogP contribution in [0.3, 0.4) is 0 Å². The van der Waals surface area contributed by atoms with Crippen LogP contribution in [0.4, 0.5) is 9.18 Å². The lowest BCUT2D eigenvalue weighted by Gasteiger charge is -2.16. The number of aromatic nitrogens is 1. The normalized spacial score (nSPS) is 11.5. The minimum Gasteiger partial charge on any atom is -0.481 e. The molecule has 0 saturated heterocycles. The van der Waals surface area contributed by atoms with Crippen LogP contribution in [-0.2, 0) is 16.1 Å². The zero-order chi connectivity index (χ0) is 16.7. The number of nitrogens with zero attached hydrogens (tertiary/aromatic N) is 1. The number of alkyl carbamates (subject to hydrolysis) is 1. The Kier molecular flexibility index (Phi) is 5.62. The van der Waals surface area contributed by atoms with E-state index in [-0.39, 0.29) is 18.7 Å². The third-order valence-electron chi connectivity index (χ3n) is 2.99. The maximum absolute atomic E-state index is 12.9. The lowest BCUT2D eigenvalue weighted by Crippen LogP contribution is -2.31. The molecule has 0 aliphatic rings. The third-order valence-corrected chi connectivity index (χ3v) is 2.99. The number of hydrogen-bond acceptors (Lipinski definition) is 4. The van der Waals surface area contributed by atoms with Crippen molar-refractivity contribution in [2.75, 3.05) is 0 Å². The molecule has 7 heteroatoms. The molecule has 1 heterocycles. The van der Waals surface area contributed by atoms with Crippen LogP contribution >= 0.6 is 0 Å². The predicted molar refractivity (Wildman–Crippen MR) is 79.0 cm³/mol. The average Bonchev–Trinajstić information content (AvgIpc) is 2.53. The fraction of sp³-hybridized carbons (Fsp3) is 0.188. The number of carbonyl (C=O) groups excluding carboxylic acids is 1. The molecule has 1 aromatic carbocycles. The first-order valence-corrected chi connectivity index (χ1v) is 6.85. The molecule has 120 valence electrons. The summed E-state index contributed by atoms with van der Waals surface area (Å²) in [7, 11) is 0. The molecule has 0 spiro atoms. The quantitative estimate of drug-likeness (QED) is 0.855. The molecule has 1 aromatic heterocycles. The van der Waals surface area contributed by atoms with Gasteiger partial charge < -0.3 is 15.2 Å². The summed E-state index contributed by atoms with van der Waals surface area (Å²) in [6.07, 6.45) is -0.202. The highest BCUT2D eigenvalue weighted by molar-refractivity contribution is 5.71. The Morgan fingerprint density at radius 2 is 1.96 bits per heavy atom. The molecule has 0 bridgehead atoms. The highest BCUT2D eigenvalue weighted by atomic mass is 19.1. The molecule has 2 rings (SSSR count). The van der Waals surface area contributed by atoms with Crippen molar-refractivity contribution >= 4 is 12.1 Å². The van der Waals surface area contributed by atoms with Gasteiger partial charge in [-0.3, -0.25) is 9.78 Å². The summed E-state index contributed by atoms with van der Waals surface area (Å²) in [5.74, 6) is -1.67. The van der Waals surface area contributed by atoms with Crippen molar-refractivity contribution in [1.29, 1.82) is 0 Å². The van der Waals surface area contributed by atoms with E-state index < -0.39 is 23.9 Å². The first-order valence-electron chi connectivity index (χ1n) is 6.85. The first-order chi connectivity index (χ1) is 11.0. The summed E-state index contributed by atoms with van der Waals surface area (Å²) < 4.78 is 17.9. The summed E-state index contributed by atoms with van der Waals surface area (Å²) >= 11 is 0. The summed E-state index contributed by atoms with van der Waals surface area (Å²) in [5, 5.41) is 11.4. The van der Waals surface area contributed by atoms with Crippen molar-refractivity contribution in [2.45, 2.75) is 19.1 Å². The van der Waals surface area contributed by atoms with E-state index in [0.29, 0.717) is 0 Å². The van der Waals surface area contributed by atoms with Crippen LogP contribution in [0, 0.1) is 5.82 Å². The van der Waals surface area contributed by atoms with Crippen molar-refractivity contribution < 1.29 is 23.8 Å². The van der Waals surface area contributed by atoms with Gasteiger partial charge in [0.1, 0.15) is 12.4 Å². The van der Waals surface area contributed by atoms with Gasteiger partial charge in [0, 0.05) is 0 Å². The van der Waals surface area contributed by atoms with Crippen molar-refractivity contribution in [3.05, 3.63) is 65.7 Å². The van der Waals surface area contributed by atoms with Crippen LogP contribution in [0.5, 0.6) is 0 Å². The standard InChI is InChI=1S/C16H15FN2O4/c17-12-6-7-13(18-9-12)14(8-15(20)21)19-16(22)23-10-11-4-2-1-3-5-11/h1-7,9,14H,8,10H2,(H,19,22)(H,20,21). The number of carbonyl (C=O) groups is 2. The number of benzene rings is 1. The molecule has 0 aliphatic carbocycles. The van der Waals surface area contributed by atoms with Crippen LogP contribution in [0.2, 0.25) is 0 Å². The van der Waals surface area contributed by atoms with Gasteiger partial charge in [0.05, 0.1) is 24.4 Å². The highest BCUT2D eigenvalue weighted by Gasteiger charge is 2.20. The first kappa shape index (κ1) is 16.4. The van der Waals surface area contributed by atoms with E-state index in [4.69, 9.17) is 9.84 Å². The van der Waals surface area contributed by atoms with Crippen LogP contribution in [0.25, 0.3) is 0 Å². The second kappa shape index (κ2) is 7.88. The van der Waals surface area contributed by atoms with E-state index in [1.807, 2.05) is 18.2 Å². The van der Waals surface area contributed by atoms with Crippen LogP contribution in [0.15, 0.2) is 48.7 Å². The molecular formula is C16H15FN2O4. The van der Waals surface area contributed by atoms with Gasteiger partial charge in [-0.1, -0.05) is 30.3 Å². The molecule has 0 aliphatic heterocycles. The topological polar surface area (TPSA) is 88.5 Å². The van der Waals surface area contributed by atoms with Crippen LogP contribution < -0.4 is 5.32 Å². The van der Waals surface area contributed by atoms with Gasteiger partial charge in [0.25, 0.3) is 0 Å². The number of rotatable bonds is 6. The molecule has 1 unspecified atom stereocenters. The highest BCUT2D eigenvalue weighted by Crippen LogP contribution is 2.15.